The van der Waals surface area contributed by atoms with E-state index in [1.54, 1.807) is 6.92 Å². The van der Waals surface area contributed by atoms with E-state index in [-0.39, 0.29) is 30.3 Å². The lowest BCUT2D eigenvalue weighted by molar-refractivity contribution is -0.144. The van der Waals surface area contributed by atoms with E-state index >= 15 is 0 Å². The number of hydrogen-bond donors (Lipinski definition) is 2. The molecule has 3 N–H and O–H groups in total. The van der Waals surface area contributed by atoms with Gasteiger partial charge in [0.05, 0.1) is 23.1 Å². The fourth-order valence-corrected chi connectivity index (χ4v) is 3.38. The van der Waals surface area contributed by atoms with Crippen LogP contribution in [0.25, 0.3) is 0 Å². The molecular weight excluding hydrogens is 348 g/mol. The molecule has 1 heterocycles. The number of carboxylic acid groups (broad SMARTS) is 1. The Morgan fingerprint density at radius 2 is 2.00 bits per heavy atom. The average molecular weight is 366 g/mol. The highest BCUT2D eigenvalue weighted by Gasteiger charge is 2.40. The summed E-state index contributed by atoms with van der Waals surface area (Å²) in [4.78, 5) is 48.0. The van der Waals surface area contributed by atoms with Crippen molar-refractivity contribution in [3.63, 3.8) is 0 Å². The fourth-order valence-electron chi connectivity index (χ4n) is 2.30. The number of carbonyl (C=O) groups is 4. The normalized spacial score (nSPS) is 18.3. The summed E-state index contributed by atoms with van der Waals surface area (Å²) in [5.74, 6) is -2.27. The predicted octanol–water partition coefficient (Wildman–Crippen LogP) is 0.640. The molecular formula is C16H18N2O6S. The Kier molecular flexibility index (Phi) is 6.16. The fraction of sp³-hybridized carbons (Fsp3) is 0.375. The summed E-state index contributed by atoms with van der Waals surface area (Å²) >= 11 is 1.13. The summed E-state index contributed by atoms with van der Waals surface area (Å²) in [5, 5.41) is 8.26. The van der Waals surface area contributed by atoms with E-state index in [2.05, 4.69) is 0 Å². The number of carboxylic acids is 1. The van der Waals surface area contributed by atoms with E-state index in [0.29, 0.717) is 5.69 Å². The van der Waals surface area contributed by atoms with Crippen LogP contribution in [-0.4, -0.2) is 52.5 Å². The summed E-state index contributed by atoms with van der Waals surface area (Å²) in [6, 6.07) is 4.62. The molecule has 0 aromatic heterocycles. The topological polar surface area (TPSA) is 127 Å². The largest absolute Gasteiger partial charge is 0.478 e. The molecule has 2 rings (SSSR count). The van der Waals surface area contributed by atoms with Gasteiger partial charge in [0.25, 0.3) is 0 Å². The van der Waals surface area contributed by atoms with Gasteiger partial charge in [-0.05, 0) is 31.2 Å². The van der Waals surface area contributed by atoms with Gasteiger partial charge in [-0.15, -0.1) is 11.8 Å². The highest BCUT2D eigenvalue weighted by Crippen LogP contribution is 2.30. The number of esters is 1. The molecule has 1 aliphatic rings. The van der Waals surface area contributed by atoms with Crippen LogP contribution in [0.3, 0.4) is 0 Å². The second kappa shape index (κ2) is 8.13. The molecule has 9 heteroatoms. The van der Waals surface area contributed by atoms with Crippen LogP contribution in [0.15, 0.2) is 24.3 Å². The molecule has 1 aromatic carbocycles. The van der Waals surface area contributed by atoms with E-state index in [1.165, 1.54) is 24.3 Å². The van der Waals surface area contributed by atoms with Crippen molar-refractivity contribution in [1.29, 1.82) is 0 Å². The molecule has 2 amide bonds. The Balaban J connectivity index is 2.02. The minimum atomic E-state index is -1.09. The van der Waals surface area contributed by atoms with Gasteiger partial charge < -0.3 is 15.6 Å². The molecule has 0 bridgehead atoms. The number of aromatic carboxylic acids is 1. The minimum absolute atomic E-state index is 0.000270. The highest BCUT2D eigenvalue weighted by atomic mass is 32.2. The van der Waals surface area contributed by atoms with E-state index in [4.69, 9.17) is 15.6 Å². The minimum Gasteiger partial charge on any atom is -0.478 e. The van der Waals surface area contributed by atoms with Gasteiger partial charge in [0.2, 0.25) is 11.8 Å². The summed E-state index contributed by atoms with van der Waals surface area (Å²) in [6.45, 7) is 1.89. The van der Waals surface area contributed by atoms with Gasteiger partial charge in [-0.3, -0.25) is 14.4 Å². The van der Waals surface area contributed by atoms with Crippen LogP contribution in [0.4, 0.5) is 5.69 Å². The standard InChI is InChI=1S/C16H18N2O6S/c1-2-24-16(23)11(17)8-25-12-7-13(19)18(14(12)20)10-5-3-9(4-6-10)15(21)22/h3-6,11-12H,2,7-8,17H2,1H3,(H,21,22)/t11-,12-/m1/s1. The molecule has 1 fully saturated rings. The number of carbonyl (C=O) groups excluding carboxylic acids is 3. The lowest BCUT2D eigenvalue weighted by atomic mass is 10.2. The Morgan fingerprint density at radius 1 is 1.36 bits per heavy atom. The number of anilines is 1. The molecule has 134 valence electrons. The van der Waals surface area contributed by atoms with Gasteiger partial charge in [0, 0.05) is 12.2 Å². The van der Waals surface area contributed by atoms with E-state index in [9.17, 15) is 19.2 Å². The Morgan fingerprint density at radius 3 is 2.56 bits per heavy atom. The van der Waals surface area contributed by atoms with Crippen LogP contribution in [0, 0.1) is 0 Å². The van der Waals surface area contributed by atoms with Crippen molar-refractivity contribution in [1.82, 2.24) is 0 Å². The summed E-state index contributed by atoms with van der Waals surface area (Å²) in [5.41, 5.74) is 6.07. The van der Waals surface area contributed by atoms with Gasteiger partial charge in [-0.1, -0.05) is 0 Å². The molecule has 0 saturated carbocycles. The number of ether oxygens (including phenoxy) is 1. The smallest absolute Gasteiger partial charge is 0.335 e. The van der Waals surface area contributed by atoms with Gasteiger partial charge in [-0.2, -0.15) is 0 Å². The van der Waals surface area contributed by atoms with Gasteiger partial charge in [-0.25, -0.2) is 9.69 Å². The van der Waals surface area contributed by atoms with Crippen LogP contribution in [0.1, 0.15) is 23.7 Å². The molecule has 1 aliphatic heterocycles. The molecule has 25 heavy (non-hydrogen) atoms. The SMILES string of the molecule is CCOC(=O)[C@H](N)CS[C@@H]1CC(=O)N(c2ccc(C(=O)O)cc2)C1=O. The molecule has 0 radical (unpaired) electrons. The Labute approximate surface area is 148 Å². The number of nitrogens with two attached hydrogens (primary N) is 1. The maximum absolute atomic E-state index is 12.5. The van der Waals surface area contributed by atoms with Crippen molar-refractivity contribution < 1.29 is 29.0 Å². The zero-order chi connectivity index (χ0) is 18.6. The number of rotatable bonds is 7. The number of thioether (sulfide) groups is 1. The number of amides is 2. The van der Waals surface area contributed by atoms with Crippen molar-refractivity contribution in [2.45, 2.75) is 24.6 Å². The van der Waals surface area contributed by atoms with Gasteiger partial charge in [0.1, 0.15) is 6.04 Å². The molecule has 0 unspecified atom stereocenters. The summed E-state index contributed by atoms with van der Waals surface area (Å²) < 4.78 is 4.80. The van der Waals surface area contributed by atoms with Crippen LogP contribution in [0.2, 0.25) is 0 Å². The maximum Gasteiger partial charge on any atom is 0.335 e. The maximum atomic E-state index is 12.5. The van der Waals surface area contributed by atoms with Crippen molar-refractivity contribution in [3.8, 4) is 0 Å². The zero-order valence-corrected chi connectivity index (χ0v) is 14.3. The van der Waals surface area contributed by atoms with E-state index in [1.807, 2.05) is 0 Å². The van der Waals surface area contributed by atoms with Crippen LogP contribution < -0.4 is 10.6 Å². The second-order valence-electron chi connectivity index (χ2n) is 5.30. The first-order valence-corrected chi connectivity index (χ1v) is 8.64. The molecule has 1 saturated heterocycles. The van der Waals surface area contributed by atoms with E-state index < -0.39 is 29.1 Å². The second-order valence-corrected chi connectivity index (χ2v) is 6.54. The lowest BCUT2D eigenvalue weighted by Crippen LogP contribution is -2.36. The zero-order valence-electron chi connectivity index (χ0n) is 13.5. The monoisotopic (exact) mass is 366 g/mol. The van der Waals surface area contributed by atoms with Gasteiger partial charge in [0.15, 0.2) is 0 Å². The molecule has 0 spiro atoms. The quantitative estimate of drug-likeness (QED) is 0.532. The molecule has 8 nitrogen and oxygen atoms in total. The van der Waals surface area contributed by atoms with Crippen LogP contribution in [0.5, 0.6) is 0 Å². The number of imide groups is 1. The van der Waals surface area contributed by atoms with Crippen molar-refractivity contribution >= 4 is 41.2 Å². The summed E-state index contributed by atoms with van der Waals surface area (Å²) in [7, 11) is 0. The van der Waals surface area contributed by atoms with Crippen molar-refractivity contribution in [2.24, 2.45) is 5.73 Å². The summed E-state index contributed by atoms with van der Waals surface area (Å²) in [6.07, 6.45) is -0.000270. The van der Waals surface area contributed by atoms with Crippen molar-refractivity contribution in [2.75, 3.05) is 17.3 Å². The van der Waals surface area contributed by atoms with Crippen LogP contribution >= 0.6 is 11.8 Å². The Bertz CT molecular complexity index is 690. The number of nitrogens with zero attached hydrogens (tertiary/aromatic N) is 1. The molecule has 1 aromatic rings. The number of hydrogen-bond acceptors (Lipinski definition) is 7. The third kappa shape index (κ3) is 4.37. The third-order valence-corrected chi connectivity index (χ3v) is 4.87. The predicted molar refractivity (Wildman–Crippen MR) is 91.4 cm³/mol. The molecule has 2 atom stereocenters. The molecule has 0 aliphatic carbocycles. The van der Waals surface area contributed by atoms with E-state index in [0.717, 1.165) is 16.7 Å². The lowest BCUT2D eigenvalue weighted by Gasteiger charge is -2.16. The third-order valence-electron chi connectivity index (χ3n) is 3.54. The first kappa shape index (κ1) is 18.9. The first-order valence-electron chi connectivity index (χ1n) is 7.59. The van der Waals surface area contributed by atoms with Crippen LogP contribution in [-0.2, 0) is 19.1 Å². The number of benzene rings is 1. The first-order chi connectivity index (χ1) is 11.8. The van der Waals surface area contributed by atoms with Gasteiger partial charge >= 0.3 is 11.9 Å². The highest BCUT2D eigenvalue weighted by molar-refractivity contribution is 8.00. The Hall–Kier alpha value is -2.39. The van der Waals surface area contributed by atoms with Crippen molar-refractivity contribution in [3.05, 3.63) is 29.8 Å². The average Bonchev–Trinajstić information content (AvgIpc) is 2.86.